The van der Waals surface area contributed by atoms with Gasteiger partial charge in [0.2, 0.25) is 0 Å². The van der Waals surface area contributed by atoms with E-state index in [1.54, 1.807) is 0 Å². The minimum Gasteiger partial charge on any atom is -0.450 e. The van der Waals surface area contributed by atoms with Crippen LogP contribution in [-0.4, -0.2) is 34.5 Å². The number of carboxylic acid groups (broad SMARTS) is 1. The smallest absolute Gasteiger partial charge is 0.450 e. The number of alkyl halides is 1. The number of ether oxygens (including phenoxy) is 2. The van der Waals surface area contributed by atoms with E-state index in [0.717, 1.165) is 19.4 Å². The quantitative estimate of drug-likeness (QED) is 0.487. The Hall–Kier alpha value is -0.0400. The molecule has 1 rings (SSSR count). The monoisotopic (exact) mass is 286 g/mol. The SMILES string of the molecule is O=C(O)OC(CI)C1CCCO1. The first-order valence-corrected chi connectivity index (χ1v) is 5.33. The number of hydrogen-bond acceptors (Lipinski definition) is 3. The standard InChI is InChI=1S/C7H11IO4/c8-4-6(12-7(9)10)5-2-1-3-11-5/h5-6H,1-4H2,(H,9,10). The van der Waals surface area contributed by atoms with Crippen molar-refractivity contribution in [2.45, 2.75) is 25.0 Å². The van der Waals surface area contributed by atoms with Gasteiger partial charge < -0.3 is 14.6 Å². The molecule has 0 spiro atoms. The fraction of sp³-hybridized carbons (Fsp3) is 0.857. The van der Waals surface area contributed by atoms with Gasteiger partial charge >= 0.3 is 6.16 Å². The molecule has 1 fully saturated rings. The lowest BCUT2D eigenvalue weighted by Crippen LogP contribution is -2.31. The van der Waals surface area contributed by atoms with E-state index in [9.17, 15) is 4.79 Å². The van der Waals surface area contributed by atoms with Crippen LogP contribution in [0.25, 0.3) is 0 Å². The first kappa shape index (κ1) is 10.0. The molecule has 1 aliphatic heterocycles. The third-order valence-electron chi connectivity index (χ3n) is 1.78. The fourth-order valence-electron chi connectivity index (χ4n) is 1.23. The summed E-state index contributed by atoms with van der Waals surface area (Å²) < 4.78 is 10.6. The topological polar surface area (TPSA) is 55.8 Å². The second-order valence-electron chi connectivity index (χ2n) is 2.63. The molecule has 0 radical (unpaired) electrons. The lowest BCUT2D eigenvalue weighted by Gasteiger charge is -2.18. The Morgan fingerprint density at radius 3 is 3.00 bits per heavy atom. The molecular formula is C7H11IO4. The third kappa shape index (κ3) is 2.78. The van der Waals surface area contributed by atoms with Gasteiger partial charge in [0.1, 0.15) is 6.10 Å². The zero-order valence-corrected chi connectivity index (χ0v) is 8.69. The zero-order valence-electron chi connectivity index (χ0n) is 6.53. The van der Waals surface area contributed by atoms with E-state index in [4.69, 9.17) is 9.84 Å². The zero-order chi connectivity index (χ0) is 8.97. The van der Waals surface area contributed by atoms with Gasteiger partial charge in [-0.1, -0.05) is 22.6 Å². The third-order valence-corrected chi connectivity index (χ3v) is 2.65. The van der Waals surface area contributed by atoms with Crippen LogP contribution in [0.4, 0.5) is 4.79 Å². The summed E-state index contributed by atoms with van der Waals surface area (Å²) in [5.74, 6) is 0. The summed E-state index contributed by atoms with van der Waals surface area (Å²) in [7, 11) is 0. The molecule has 12 heavy (non-hydrogen) atoms. The Bertz CT molecular complexity index is 155. The largest absolute Gasteiger partial charge is 0.506 e. The molecule has 0 aromatic carbocycles. The fourth-order valence-corrected chi connectivity index (χ4v) is 1.98. The highest BCUT2D eigenvalue weighted by atomic mass is 127. The summed E-state index contributed by atoms with van der Waals surface area (Å²) in [6.45, 7) is 0.723. The predicted molar refractivity (Wildman–Crippen MR) is 50.8 cm³/mol. The summed E-state index contributed by atoms with van der Waals surface area (Å²) in [4.78, 5) is 10.2. The van der Waals surface area contributed by atoms with E-state index < -0.39 is 6.16 Å². The van der Waals surface area contributed by atoms with Gasteiger partial charge in [-0.15, -0.1) is 0 Å². The molecule has 70 valence electrons. The summed E-state index contributed by atoms with van der Waals surface area (Å²) >= 11 is 2.10. The van der Waals surface area contributed by atoms with E-state index in [1.807, 2.05) is 0 Å². The van der Waals surface area contributed by atoms with Crippen molar-refractivity contribution < 1.29 is 19.4 Å². The van der Waals surface area contributed by atoms with E-state index in [0.29, 0.717) is 4.43 Å². The number of rotatable bonds is 3. The van der Waals surface area contributed by atoms with Gasteiger partial charge in [-0.2, -0.15) is 0 Å². The van der Waals surface area contributed by atoms with Gasteiger partial charge in [-0.3, -0.25) is 0 Å². The molecule has 0 saturated carbocycles. The highest BCUT2D eigenvalue weighted by Crippen LogP contribution is 2.19. The van der Waals surface area contributed by atoms with Crippen molar-refractivity contribution in [2.75, 3.05) is 11.0 Å². The van der Waals surface area contributed by atoms with Crippen LogP contribution >= 0.6 is 22.6 Å². The second-order valence-corrected chi connectivity index (χ2v) is 3.51. The van der Waals surface area contributed by atoms with Gasteiger partial charge in [0.05, 0.1) is 6.10 Å². The maximum atomic E-state index is 10.2. The van der Waals surface area contributed by atoms with Crippen LogP contribution in [0.3, 0.4) is 0 Å². The van der Waals surface area contributed by atoms with Crippen LogP contribution in [0, 0.1) is 0 Å². The summed E-state index contributed by atoms with van der Waals surface area (Å²) in [6.07, 6.45) is 0.359. The minimum atomic E-state index is -1.22. The van der Waals surface area contributed by atoms with Crippen molar-refractivity contribution in [3.8, 4) is 0 Å². The molecule has 1 N–H and O–H groups in total. The molecule has 0 bridgehead atoms. The number of halogens is 1. The Morgan fingerprint density at radius 1 is 1.83 bits per heavy atom. The second kappa shape index (κ2) is 4.86. The number of hydrogen-bond donors (Lipinski definition) is 1. The van der Waals surface area contributed by atoms with Crippen molar-refractivity contribution in [3.63, 3.8) is 0 Å². The van der Waals surface area contributed by atoms with Crippen LogP contribution in [-0.2, 0) is 9.47 Å². The summed E-state index contributed by atoms with van der Waals surface area (Å²) in [6, 6.07) is 0. The summed E-state index contributed by atoms with van der Waals surface area (Å²) in [5.41, 5.74) is 0. The molecule has 0 aliphatic carbocycles. The van der Waals surface area contributed by atoms with Crippen molar-refractivity contribution in [1.82, 2.24) is 0 Å². The highest BCUT2D eigenvalue weighted by molar-refractivity contribution is 14.1. The molecular weight excluding hydrogens is 275 g/mol. The van der Waals surface area contributed by atoms with E-state index >= 15 is 0 Å². The van der Waals surface area contributed by atoms with Gasteiger partial charge in [0.15, 0.2) is 0 Å². The van der Waals surface area contributed by atoms with Gasteiger partial charge in [-0.05, 0) is 12.8 Å². The molecule has 5 heteroatoms. The highest BCUT2D eigenvalue weighted by Gasteiger charge is 2.27. The molecule has 0 amide bonds. The van der Waals surface area contributed by atoms with Crippen molar-refractivity contribution in [1.29, 1.82) is 0 Å². The number of carbonyl (C=O) groups is 1. The van der Waals surface area contributed by atoms with Crippen LogP contribution in [0.5, 0.6) is 0 Å². The molecule has 1 heterocycles. The van der Waals surface area contributed by atoms with Crippen LogP contribution < -0.4 is 0 Å². The first-order valence-electron chi connectivity index (χ1n) is 3.81. The van der Waals surface area contributed by atoms with Crippen LogP contribution in [0.15, 0.2) is 0 Å². The molecule has 2 unspecified atom stereocenters. The van der Waals surface area contributed by atoms with Crippen LogP contribution in [0.1, 0.15) is 12.8 Å². The maximum Gasteiger partial charge on any atom is 0.506 e. The molecule has 0 aromatic heterocycles. The van der Waals surface area contributed by atoms with Crippen molar-refractivity contribution in [3.05, 3.63) is 0 Å². The normalized spacial score (nSPS) is 25.2. The molecule has 1 aliphatic rings. The molecule has 1 saturated heterocycles. The Labute approximate surface area is 84.4 Å². The first-order chi connectivity index (χ1) is 5.74. The van der Waals surface area contributed by atoms with Crippen LogP contribution in [0.2, 0.25) is 0 Å². The lowest BCUT2D eigenvalue weighted by atomic mass is 10.1. The lowest BCUT2D eigenvalue weighted by molar-refractivity contribution is -0.0184. The van der Waals surface area contributed by atoms with Gasteiger partial charge in [0, 0.05) is 11.0 Å². The summed E-state index contributed by atoms with van der Waals surface area (Å²) in [5, 5.41) is 8.39. The van der Waals surface area contributed by atoms with Gasteiger partial charge in [-0.25, -0.2) is 4.79 Å². The Kier molecular flexibility index (Phi) is 4.07. The Balaban J connectivity index is 2.37. The van der Waals surface area contributed by atoms with Crippen molar-refractivity contribution >= 4 is 28.7 Å². The molecule has 4 nitrogen and oxygen atoms in total. The molecule has 0 aromatic rings. The van der Waals surface area contributed by atoms with E-state index in [-0.39, 0.29) is 12.2 Å². The molecule has 2 atom stereocenters. The van der Waals surface area contributed by atoms with E-state index in [2.05, 4.69) is 27.3 Å². The average molecular weight is 286 g/mol. The average Bonchev–Trinajstić information content (AvgIpc) is 2.51. The van der Waals surface area contributed by atoms with Crippen molar-refractivity contribution in [2.24, 2.45) is 0 Å². The minimum absolute atomic E-state index is 0.0296. The van der Waals surface area contributed by atoms with E-state index in [1.165, 1.54) is 0 Å². The Morgan fingerprint density at radius 2 is 2.58 bits per heavy atom. The van der Waals surface area contributed by atoms with Gasteiger partial charge in [0.25, 0.3) is 0 Å². The maximum absolute atomic E-state index is 10.2. The predicted octanol–water partition coefficient (Wildman–Crippen LogP) is 1.66.